The van der Waals surface area contributed by atoms with Crippen LogP contribution in [-0.4, -0.2) is 43.5 Å². The second kappa shape index (κ2) is 6.83. The summed E-state index contributed by atoms with van der Waals surface area (Å²) in [7, 11) is 1.60. The molecule has 0 radical (unpaired) electrons. The number of aryl methyl sites for hydroxylation is 1. The zero-order valence-corrected chi connectivity index (χ0v) is 14.7. The monoisotopic (exact) mass is 330 g/mol. The molecule has 0 N–H and O–H groups in total. The first-order valence-electron chi connectivity index (χ1n) is 8.73. The molecule has 2 amide bonds. The molecule has 0 bridgehead atoms. The summed E-state index contributed by atoms with van der Waals surface area (Å²) in [5, 5.41) is 0. The lowest BCUT2D eigenvalue weighted by Crippen LogP contribution is -2.43. The second-order valence-electron chi connectivity index (χ2n) is 7.11. The smallest absolute Gasteiger partial charge is 0.228 e. The van der Waals surface area contributed by atoms with Crippen LogP contribution in [0.1, 0.15) is 31.7 Å². The van der Waals surface area contributed by atoms with E-state index in [0.717, 1.165) is 30.8 Å². The van der Waals surface area contributed by atoms with E-state index in [9.17, 15) is 9.59 Å². The summed E-state index contributed by atoms with van der Waals surface area (Å²) >= 11 is 0. The third kappa shape index (κ3) is 3.25. The van der Waals surface area contributed by atoms with Crippen LogP contribution < -0.4 is 9.64 Å². The Morgan fingerprint density at radius 1 is 1.29 bits per heavy atom. The Morgan fingerprint density at radius 2 is 2.08 bits per heavy atom. The minimum Gasteiger partial charge on any atom is -0.495 e. The Balaban J connectivity index is 1.76. The van der Waals surface area contributed by atoms with Gasteiger partial charge in [0.15, 0.2) is 0 Å². The van der Waals surface area contributed by atoms with Crippen LogP contribution in [-0.2, 0) is 9.59 Å². The number of likely N-dealkylation sites (tertiary alicyclic amines) is 1. The second-order valence-corrected chi connectivity index (χ2v) is 7.11. The van der Waals surface area contributed by atoms with Crippen molar-refractivity contribution < 1.29 is 14.3 Å². The maximum Gasteiger partial charge on any atom is 0.228 e. The van der Waals surface area contributed by atoms with Crippen molar-refractivity contribution in [2.75, 3.05) is 31.6 Å². The van der Waals surface area contributed by atoms with E-state index in [-0.39, 0.29) is 17.7 Å². The van der Waals surface area contributed by atoms with Crippen LogP contribution in [0.3, 0.4) is 0 Å². The molecule has 2 fully saturated rings. The fraction of sp³-hybridized carbons (Fsp3) is 0.579. The summed E-state index contributed by atoms with van der Waals surface area (Å²) in [6.07, 6.45) is 2.53. The van der Waals surface area contributed by atoms with E-state index in [4.69, 9.17) is 4.74 Å². The molecule has 2 atom stereocenters. The van der Waals surface area contributed by atoms with Gasteiger partial charge < -0.3 is 14.5 Å². The molecule has 1 aromatic carbocycles. The zero-order valence-electron chi connectivity index (χ0n) is 14.7. The molecule has 0 aliphatic carbocycles. The van der Waals surface area contributed by atoms with Gasteiger partial charge in [0.25, 0.3) is 0 Å². The van der Waals surface area contributed by atoms with Crippen molar-refractivity contribution in [1.29, 1.82) is 0 Å². The normalized spacial score (nSPS) is 24.4. The van der Waals surface area contributed by atoms with Crippen LogP contribution in [0, 0.1) is 18.8 Å². The fourth-order valence-electron chi connectivity index (χ4n) is 3.76. The van der Waals surface area contributed by atoms with E-state index < -0.39 is 0 Å². The molecule has 2 aliphatic heterocycles. The molecule has 1 aromatic rings. The Labute approximate surface area is 143 Å². The molecule has 0 aromatic heterocycles. The van der Waals surface area contributed by atoms with Crippen molar-refractivity contribution >= 4 is 17.5 Å². The number of benzene rings is 1. The number of piperidine rings is 1. The number of carbonyl (C=O) groups is 2. The number of hydrogen-bond donors (Lipinski definition) is 0. The van der Waals surface area contributed by atoms with Crippen LogP contribution >= 0.6 is 0 Å². The maximum absolute atomic E-state index is 12.8. The fourth-order valence-corrected chi connectivity index (χ4v) is 3.76. The number of carbonyl (C=O) groups excluding carboxylic acids is 2. The molecule has 5 nitrogen and oxygen atoms in total. The van der Waals surface area contributed by atoms with Crippen molar-refractivity contribution in [2.24, 2.45) is 11.8 Å². The molecule has 2 unspecified atom stereocenters. The van der Waals surface area contributed by atoms with Crippen LogP contribution in [0.15, 0.2) is 18.2 Å². The van der Waals surface area contributed by atoms with Gasteiger partial charge >= 0.3 is 0 Å². The molecule has 2 heterocycles. The van der Waals surface area contributed by atoms with Crippen LogP contribution in [0.4, 0.5) is 5.69 Å². The van der Waals surface area contributed by atoms with E-state index in [1.807, 2.05) is 30.0 Å². The van der Waals surface area contributed by atoms with Crippen molar-refractivity contribution in [3.63, 3.8) is 0 Å². The largest absolute Gasteiger partial charge is 0.495 e. The summed E-state index contributed by atoms with van der Waals surface area (Å²) < 4.78 is 5.40. The molecule has 0 saturated carbocycles. The summed E-state index contributed by atoms with van der Waals surface area (Å²) in [6.45, 7) is 6.26. The van der Waals surface area contributed by atoms with Gasteiger partial charge in [-0.1, -0.05) is 13.0 Å². The number of rotatable bonds is 3. The van der Waals surface area contributed by atoms with Crippen molar-refractivity contribution in [2.45, 2.75) is 33.1 Å². The highest BCUT2D eigenvalue weighted by atomic mass is 16.5. The summed E-state index contributed by atoms with van der Waals surface area (Å²) in [5.41, 5.74) is 1.84. The lowest BCUT2D eigenvalue weighted by Gasteiger charge is -2.32. The quantitative estimate of drug-likeness (QED) is 0.856. The van der Waals surface area contributed by atoms with E-state index in [2.05, 4.69) is 6.92 Å². The lowest BCUT2D eigenvalue weighted by atomic mass is 9.98. The van der Waals surface area contributed by atoms with E-state index >= 15 is 0 Å². The average Bonchev–Trinajstić information content (AvgIpc) is 2.95. The first-order chi connectivity index (χ1) is 11.5. The highest BCUT2D eigenvalue weighted by Gasteiger charge is 2.38. The molecule has 2 saturated heterocycles. The van der Waals surface area contributed by atoms with Gasteiger partial charge in [0.05, 0.1) is 18.7 Å². The highest BCUT2D eigenvalue weighted by Crippen LogP contribution is 2.34. The zero-order chi connectivity index (χ0) is 17.3. The highest BCUT2D eigenvalue weighted by molar-refractivity contribution is 6.01. The third-order valence-corrected chi connectivity index (χ3v) is 5.07. The van der Waals surface area contributed by atoms with Crippen LogP contribution in [0.2, 0.25) is 0 Å². The predicted molar refractivity (Wildman–Crippen MR) is 93.2 cm³/mol. The summed E-state index contributed by atoms with van der Waals surface area (Å²) in [4.78, 5) is 29.0. The molecule has 2 aliphatic rings. The van der Waals surface area contributed by atoms with Gasteiger partial charge in [0.1, 0.15) is 5.75 Å². The third-order valence-electron chi connectivity index (χ3n) is 5.07. The topological polar surface area (TPSA) is 49.9 Å². The number of amides is 2. The maximum atomic E-state index is 12.8. The summed E-state index contributed by atoms with van der Waals surface area (Å²) in [6, 6.07) is 5.78. The van der Waals surface area contributed by atoms with Crippen LogP contribution in [0.25, 0.3) is 0 Å². The first kappa shape index (κ1) is 16.8. The van der Waals surface area contributed by atoms with Gasteiger partial charge in [-0.05, 0) is 43.4 Å². The van der Waals surface area contributed by atoms with Gasteiger partial charge in [-0.3, -0.25) is 9.59 Å². The van der Waals surface area contributed by atoms with Crippen molar-refractivity contribution in [3.05, 3.63) is 23.8 Å². The first-order valence-corrected chi connectivity index (χ1v) is 8.73. The average molecular weight is 330 g/mol. The van der Waals surface area contributed by atoms with Gasteiger partial charge in [-0.15, -0.1) is 0 Å². The van der Waals surface area contributed by atoms with Gasteiger partial charge in [0.2, 0.25) is 11.8 Å². The summed E-state index contributed by atoms with van der Waals surface area (Å²) in [5.74, 6) is 1.11. The number of nitrogens with zero attached hydrogens (tertiary/aromatic N) is 2. The van der Waals surface area contributed by atoms with E-state index in [1.54, 1.807) is 12.0 Å². The Morgan fingerprint density at radius 3 is 2.79 bits per heavy atom. The molecular weight excluding hydrogens is 304 g/mol. The standard InChI is InChI=1S/C19H26N2O3/c1-13-6-7-17(24-3)16(9-13)21-12-15(10-18(21)22)19(23)20-8-4-5-14(2)11-20/h6-7,9,14-15H,4-5,8,10-12H2,1-3H3. The molecule has 130 valence electrons. The number of methoxy groups -OCH3 is 1. The SMILES string of the molecule is COc1ccc(C)cc1N1CC(C(=O)N2CCCC(C)C2)CC1=O. The minimum absolute atomic E-state index is 0.00214. The molecule has 0 spiro atoms. The van der Waals surface area contributed by atoms with E-state index in [0.29, 0.717) is 24.6 Å². The predicted octanol–water partition coefficient (Wildman–Crippen LogP) is 2.62. The number of ether oxygens (including phenoxy) is 1. The van der Waals surface area contributed by atoms with Crippen molar-refractivity contribution in [1.82, 2.24) is 4.90 Å². The van der Waals surface area contributed by atoms with Gasteiger partial charge in [-0.25, -0.2) is 0 Å². The van der Waals surface area contributed by atoms with Crippen molar-refractivity contribution in [3.8, 4) is 5.75 Å². The van der Waals surface area contributed by atoms with Crippen LogP contribution in [0.5, 0.6) is 5.75 Å². The molecular formula is C19H26N2O3. The van der Waals surface area contributed by atoms with Gasteiger partial charge in [-0.2, -0.15) is 0 Å². The van der Waals surface area contributed by atoms with Gasteiger partial charge in [0, 0.05) is 26.1 Å². The Kier molecular flexibility index (Phi) is 4.78. The lowest BCUT2D eigenvalue weighted by molar-refractivity contribution is -0.137. The molecule has 3 rings (SSSR count). The number of anilines is 1. The number of hydrogen-bond acceptors (Lipinski definition) is 3. The molecule has 5 heteroatoms. The minimum atomic E-state index is -0.243. The Hall–Kier alpha value is -2.04. The Bertz CT molecular complexity index is 643. The molecule has 24 heavy (non-hydrogen) atoms. The van der Waals surface area contributed by atoms with E-state index in [1.165, 1.54) is 6.42 Å².